The fourth-order valence-electron chi connectivity index (χ4n) is 1.28. The van der Waals surface area contributed by atoms with E-state index in [1.807, 2.05) is 4.68 Å². The molecule has 0 unspecified atom stereocenters. The Morgan fingerprint density at radius 1 is 1.78 bits per heavy atom. The molecule has 0 aromatic carbocycles. The van der Waals surface area contributed by atoms with Crippen molar-refractivity contribution in [3.63, 3.8) is 0 Å². The van der Waals surface area contributed by atoms with Gasteiger partial charge in [-0.1, -0.05) is 0 Å². The van der Waals surface area contributed by atoms with Crippen LogP contribution >= 0.6 is 0 Å². The fraction of sp³-hybridized carbons (Fsp3) is 0.667. The summed E-state index contributed by atoms with van der Waals surface area (Å²) >= 11 is 0. The Morgan fingerprint density at radius 3 is 3.44 bits per heavy atom. The minimum atomic E-state index is 0.572. The van der Waals surface area contributed by atoms with Gasteiger partial charge in [0.15, 0.2) is 0 Å². The molecule has 2 rings (SSSR count). The van der Waals surface area contributed by atoms with E-state index in [4.69, 9.17) is 0 Å². The van der Waals surface area contributed by atoms with Crippen LogP contribution in [0.5, 0.6) is 0 Å². The third-order valence-electron chi connectivity index (χ3n) is 1.85. The van der Waals surface area contributed by atoms with Crippen LogP contribution in [0.25, 0.3) is 0 Å². The van der Waals surface area contributed by atoms with Gasteiger partial charge in [-0.25, -0.2) is 9.67 Å². The van der Waals surface area contributed by atoms with Gasteiger partial charge in [0.1, 0.15) is 12.2 Å². The zero-order valence-corrected chi connectivity index (χ0v) is 5.41. The zero-order chi connectivity index (χ0) is 6.27. The third-order valence-corrected chi connectivity index (χ3v) is 1.85. The van der Waals surface area contributed by atoms with E-state index in [2.05, 4.69) is 17.0 Å². The minimum Gasteiger partial charge on any atom is -0.247 e. The molecule has 0 saturated carbocycles. The number of hydrogen-bond donors (Lipinski definition) is 0. The van der Waals surface area contributed by atoms with E-state index in [0.717, 1.165) is 12.2 Å². The van der Waals surface area contributed by atoms with Crippen LogP contribution in [-0.4, -0.2) is 14.8 Å². The van der Waals surface area contributed by atoms with Gasteiger partial charge in [-0.3, -0.25) is 0 Å². The van der Waals surface area contributed by atoms with Gasteiger partial charge < -0.3 is 0 Å². The molecule has 1 aromatic heterocycles. The van der Waals surface area contributed by atoms with Crippen LogP contribution in [0.3, 0.4) is 0 Å². The first-order valence-electron chi connectivity index (χ1n) is 3.26. The van der Waals surface area contributed by atoms with Crippen LogP contribution < -0.4 is 0 Å². The van der Waals surface area contributed by atoms with E-state index in [1.165, 1.54) is 6.42 Å². The predicted molar refractivity (Wildman–Crippen MR) is 33.1 cm³/mol. The van der Waals surface area contributed by atoms with Gasteiger partial charge in [0.25, 0.3) is 0 Å². The number of aromatic nitrogens is 3. The minimum absolute atomic E-state index is 0.572. The van der Waals surface area contributed by atoms with Gasteiger partial charge >= 0.3 is 0 Å². The molecule has 0 aliphatic carbocycles. The Morgan fingerprint density at radius 2 is 2.67 bits per heavy atom. The lowest BCUT2D eigenvalue weighted by molar-refractivity contribution is 0.521. The van der Waals surface area contributed by atoms with Crippen molar-refractivity contribution in [2.24, 2.45) is 0 Å². The lowest BCUT2D eigenvalue weighted by Crippen LogP contribution is -1.99. The molecule has 1 atom stereocenters. The first-order valence-corrected chi connectivity index (χ1v) is 3.26. The maximum atomic E-state index is 4.10. The molecule has 1 aromatic rings. The van der Waals surface area contributed by atoms with Gasteiger partial charge in [0.2, 0.25) is 0 Å². The molecule has 0 radical (unpaired) electrons. The normalized spacial score (nSPS) is 24.3. The van der Waals surface area contributed by atoms with E-state index in [0.29, 0.717) is 6.04 Å². The first kappa shape index (κ1) is 4.97. The summed E-state index contributed by atoms with van der Waals surface area (Å²) in [4.78, 5) is 4.10. The Balaban J connectivity index is 2.49. The van der Waals surface area contributed by atoms with Gasteiger partial charge in [0.05, 0.1) is 6.04 Å². The smallest absolute Gasteiger partial charge is 0.138 e. The Bertz CT molecular complexity index is 216. The molecular weight excluding hydrogens is 114 g/mol. The highest BCUT2D eigenvalue weighted by Gasteiger charge is 2.18. The monoisotopic (exact) mass is 123 g/mol. The van der Waals surface area contributed by atoms with E-state index >= 15 is 0 Å². The second-order valence-electron chi connectivity index (χ2n) is 2.51. The number of aryl methyl sites for hydroxylation is 1. The summed E-state index contributed by atoms with van der Waals surface area (Å²) in [5.74, 6) is 1.14. The second kappa shape index (κ2) is 1.56. The number of nitrogens with zero attached hydrogens (tertiary/aromatic N) is 3. The zero-order valence-electron chi connectivity index (χ0n) is 5.41. The molecule has 0 bridgehead atoms. The summed E-state index contributed by atoms with van der Waals surface area (Å²) in [6.07, 6.45) is 3.93. The highest BCUT2D eigenvalue weighted by Crippen LogP contribution is 2.20. The van der Waals surface area contributed by atoms with Crippen molar-refractivity contribution in [2.45, 2.75) is 25.8 Å². The molecule has 3 nitrogen and oxygen atoms in total. The second-order valence-corrected chi connectivity index (χ2v) is 2.51. The number of rotatable bonds is 0. The lowest BCUT2D eigenvalue weighted by Gasteiger charge is -1.99. The van der Waals surface area contributed by atoms with Crippen molar-refractivity contribution in [1.29, 1.82) is 0 Å². The Hall–Kier alpha value is -0.860. The van der Waals surface area contributed by atoms with Crippen LogP contribution in [0.1, 0.15) is 25.2 Å². The third kappa shape index (κ3) is 0.573. The molecule has 1 aliphatic heterocycles. The van der Waals surface area contributed by atoms with E-state index in [-0.39, 0.29) is 0 Å². The Labute approximate surface area is 53.7 Å². The SMILES string of the molecule is C[C@@H]1CCc2ncnn21. The van der Waals surface area contributed by atoms with Gasteiger partial charge in [0, 0.05) is 6.42 Å². The quantitative estimate of drug-likeness (QED) is 0.510. The average Bonchev–Trinajstić information content (AvgIpc) is 2.35. The van der Waals surface area contributed by atoms with Crippen LogP contribution in [0.4, 0.5) is 0 Å². The average molecular weight is 123 g/mol. The van der Waals surface area contributed by atoms with E-state index in [9.17, 15) is 0 Å². The molecule has 0 amide bonds. The molecule has 2 heterocycles. The highest BCUT2D eigenvalue weighted by molar-refractivity contribution is 4.93. The summed E-state index contributed by atoms with van der Waals surface area (Å²) < 4.78 is 2.00. The van der Waals surface area contributed by atoms with Crippen molar-refractivity contribution < 1.29 is 0 Å². The molecule has 9 heavy (non-hydrogen) atoms. The molecule has 48 valence electrons. The van der Waals surface area contributed by atoms with Crippen LogP contribution in [-0.2, 0) is 6.42 Å². The summed E-state index contributed by atoms with van der Waals surface area (Å²) in [5.41, 5.74) is 0. The summed E-state index contributed by atoms with van der Waals surface area (Å²) in [6, 6.07) is 0.572. The summed E-state index contributed by atoms with van der Waals surface area (Å²) in [6.45, 7) is 2.17. The summed E-state index contributed by atoms with van der Waals surface area (Å²) in [5, 5.41) is 4.08. The van der Waals surface area contributed by atoms with Gasteiger partial charge in [-0.15, -0.1) is 0 Å². The van der Waals surface area contributed by atoms with Crippen molar-refractivity contribution >= 4 is 0 Å². The lowest BCUT2D eigenvalue weighted by atomic mass is 10.2. The van der Waals surface area contributed by atoms with Crippen LogP contribution in [0.15, 0.2) is 6.33 Å². The molecule has 0 fully saturated rings. The van der Waals surface area contributed by atoms with Crippen molar-refractivity contribution in [3.05, 3.63) is 12.2 Å². The molecule has 0 spiro atoms. The van der Waals surface area contributed by atoms with Crippen LogP contribution in [0.2, 0.25) is 0 Å². The first-order chi connectivity index (χ1) is 4.38. The van der Waals surface area contributed by atoms with Crippen molar-refractivity contribution in [2.75, 3.05) is 0 Å². The number of hydrogen-bond acceptors (Lipinski definition) is 2. The summed E-state index contributed by atoms with van der Waals surface area (Å²) in [7, 11) is 0. The largest absolute Gasteiger partial charge is 0.247 e. The van der Waals surface area contributed by atoms with Crippen molar-refractivity contribution in [1.82, 2.24) is 14.8 Å². The molecule has 1 aliphatic rings. The number of fused-ring (bicyclic) bond motifs is 1. The van der Waals surface area contributed by atoms with Crippen molar-refractivity contribution in [3.8, 4) is 0 Å². The fourth-order valence-corrected chi connectivity index (χ4v) is 1.28. The molecule has 3 heteroatoms. The van der Waals surface area contributed by atoms with Crippen LogP contribution in [0, 0.1) is 0 Å². The predicted octanol–water partition coefficient (Wildman–Crippen LogP) is 0.785. The molecular formula is C6H9N3. The highest BCUT2D eigenvalue weighted by atomic mass is 15.4. The van der Waals surface area contributed by atoms with E-state index in [1.54, 1.807) is 6.33 Å². The van der Waals surface area contributed by atoms with Gasteiger partial charge in [-0.05, 0) is 13.3 Å². The standard InChI is InChI=1S/C6H9N3/c1-5-2-3-6-7-4-8-9(5)6/h4-5H,2-3H2,1H3/t5-/m1/s1. The maximum absolute atomic E-state index is 4.10. The maximum Gasteiger partial charge on any atom is 0.138 e. The molecule has 0 N–H and O–H groups in total. The Kier molecular flexibility index (Phi) is 0.860. The molecule has 0 saturated heterocycles. The topological polar surface area (TPSA) is 30.7 Å². The van der Waals surface area contributed by atoms with E-state index < -0.39 is 0 Å². The van der Waals surface area contributed by atoms with Gasteiger partial charge in [-0.2, -0.15) is 5.10 Å².